The Morgan fingerprint density at radius 3 is 2.25 bits per heavy atom. The number of para-hydroxylation sites is 1. The summed E-state index contributed by atoms with van der Waals surface area (Å²) in [6, 6.07) is 16.3. The standard InChI is InChI=1S/C23H30N2O3/c1-3-27-21-12-10-19(18-22(21)28-4-2)11-13-23(26)25-16-14-24(15-17-25)20-8-6-5-7-9-20/h5-10,12,18H,3-4,11,13-17H2,1-2H3. The molecule has 1 amide bonds. The monoisotopic (exact) mass is 382 g/mol. The molecule has 2 aromatic carbocycles. The van der Waals surface area contributed by atoms with Crippen molar-refractivity contribution in [3.8, 4) is 11.5 Å². The third kappa shape index (κ3) is 5.18. The second-order valence-electron chi connectivity index (χ2n) is 6.85. The Bertz CT molecular complexity index is 756. The van der Waals surface area contributed by atoms with Gasteiger partial charge in [-0.05, 0) is 50.1 Å². The lowest BCUT2D eigenvalue weighted by atomic mass is 10.1. The second-order valence-corrected chi connectivity index (χ2v) is 6.85. The number of hydrogen-bond acceptors (Lipinski definition) is 4. The van der Waals surface area contributed by atoms with Crippen molar-refractivity contribution in [2.24, 2.45) is 0 Å². The van der Waals surface area contributed by atoms with Gasteiger partial charge in [-0.25, -0.2) is 0 Å². The molecule has 0 radical (unpaired) electrons. The molecule has 1 fully saturated rings. The zero-order chi connectivity index (χ0) is 19.8. The lowest BCUT2D eigenvalue weighted by Gasteiger charge is -2.36. The molecule has 5 heteroatoms. The highest BCUT2D eigenvalue weighted by atomic mass is 16.5. The summed E-state index contributed by atoms with van der Waals surface area (Å²) in [5.74, 6) is 1.74. The average molecular weight is 383 g/mol. The van der Waals surface area contributed by atoms with Crippen molar-refractivity contribution in [3.05, 3.63) is 54.1 Å². The van der Waals surface area contributed by atoms with E-state index in [0.29, 0.717) is 26.1 Å². The van der Waals surface area contributed by atoms with Crippen molar-refractivity contribution in [1.82, 2.24) is 4.90 Å². The van der Waals surface area contributed by atoms with Gasteiger partial charge in [0.05, 0.1) is 13.2 Å². The number of ether oxygens (including phenoxy) is 2. The van der Waals surface area contributed by atoms with Crippen LogP contribution in [0.1, 0.15) is 25.8 Å². The molecule has 1 aliphatic heterocycles. The molecule has 5 nitrogen and oxygen atoms in total. The molecule has 0 spiro atoms. The van der Waals surface area contributed by atoms with Crippen LogP contribution in [0.3, 0.4) is 0 Å². The van der Waals surface area contributed by atoms with E-state index in [-0.39, 0.29) is 5.91 Å². The van der Waals surface area contributed by atoms with Crippen LogP contribution in [0.4, 0.5) is 5.69 Å². The van der Waals surface area contributed by atoms with E-state index in [1.54, 1.807) is 0 Å². The molecule has 28 heavy (non-hydrogen) atoms. The van der Waals surface area contributed by atoms with Gasteiger partial charge in [-0.2, -0.15) is 0 Å². The van der Waals surface area contributed by atoms with Crippen LogP contribution in [0.2, 0.25) is 0 Å². The summed E-state index contributed by atoms with van der Waals surface area (Å²) < 4.78 is 11.3. The van der Waals surface area contributed by atoms with Crippen molar-refractivity contribution in [1.29, 1.82) is 0 Å². The van der Waals surface area contributed by atoms with Crippen molar-refractivity contribution in [2.45, 2.75) is 26.7 Å². The molecule has 0 aliphatic carbocycles. The maximum Gasteiger partial charge on any atom is 0.223 e. The van der Waals surface area contributed by atoms with Crippen LogP contribution in [-0.2, 0) is 11.2 Å². The number of benzene rings is 2. The molecule has 0 bridgehead atoms. The SMILES string of the molecule is CCOc1ccc(CCC(=O)N2CCN(c3ccccc3)CC2)cc1OCC. The lowest BCUT2D eigenvalue weighted by molar-refractivity contribution is -0.131. The zero-order valence-electron chi connectivity index (χ0n) is 16.9. The van der Waals surface area contributed by atoms with Crippen LogP contribution in [0.25, 0.3) is 0 Å². The molecule has 0 aromatic heterocycles. The summed E-state index contributed by atoms with van der Waals surface area (Å²) in [4.78, 5) is 17.0. The molecule has 0 N–H and O–H groups in total. The highest BCUT2D eigenvalue weighted by molar-refractivity contribution is 5.77. The number of carbonyl (C=O) groups excluding carboxylic acids is 1. The van der Waals surface area contributed by atoms with Gasteiger partial charge >= 0.3 is 0 Å². The molecule has 1 saturated heterocycles. The number of anilines is 1. The van der Waals surface area contributed by atoms with Crippen molar-refractivity contribution in [3.63, 3.8) is 0 Å². The summed E-state index contributed by atoms with van der Waals surface area (Å²) in [5.41, 5.74) is 2.33. The molecule has 0 atom stereocenters. The van der Waals surface area contributed by atoms with E-state index in [1.165, 1.54) is 5.69 Å². The zero-order valence-corrected chi connectivity index (χ0v) is 16.9. The molecule has 1 aliphatic rings. The van der Waals surface area contributed by atoms with Crippen molar-refractivity contribution >= 4 is 11.6 Å². The molecular weight excluding hydrogens is 352 g/mol. The minimum Gasteiger partial charge on any atom is -0.490 e. The Morgan fingerprint density at radius 2 is 1.57 bits per heavy atom. The predicted molar refractivity (Wildman–Crippen MR) is 112 cm³/mol. The third-order valence-electron chi connectivity index (χ3n) is 4.99. The predicted octanol–water partition coefficient (Wildman–Crippen LogP) is 3.77. The number of amides is 1. The van der Waals surface area contributed by atoms with Gasteiger partial charge in [0.2, 0.25) is 5.91 Å². The highest BCUT2D eigenvalue weighted by Crippen LogP contribution is 2.29. The highest BCUT2D eigenvalue weighted by Gasteiger charge is 2.21. The van der Waals surface area contributed by atoms with Gasteiger partial charge in [0.1, 0.15) is 0 Å². The first kappa shape index (κ1) is 20.1. The fraction of sp³-hybridized carbons (Fsp3) is 0.435. The number of rotatable bonds is 8. The maximum absolute atomic E-state index is 12.6. The molecule has 0 saturated carbocycles. The van der Waals surface area contributed by atoms with Gasteiger partial charge in [0.25, 0.3) is 0 Å². The van der Waals surface area contributed by atoms with E-state index >= 15 is 0 Å². The Hall–Kier alpha value is -2.69. The first-order chi connectivity index (χ1) is 13.7. The number of hydrogen-bond donors (Lipinski definition) is 0. The largest absolute Gasteiger partial charge is 0.490 e. The summed E-state index contributed by atoms with van der Waals surface area (Å²) >= 11 is 0. The van der Waals surface area contributed by atoms with Gasteiger partial charge < -0.3 is 19.3 Å². The Morgan fingerprint density at radius 1 is 0.893 bits per heavy atom. The topological polar surface area (TPSA) is 42.0 Å². The van der Waals surface area contributed by atoms with Gasteiger partial charge in [-0.1, -0.05) is 24.3 Å². The van der Waals surface area contributed by atoms with Crippen LogP contribution >= 0.6 is 0 Å². The first-order valence-corrected chi connectivity index (χ1v) is 10.2. The van der Waals surface area contributed by atoms with E-state index in [9.17, 15) is 4.79 Å². The Balaban J connectivity index is 1.51. The number of piperazine rings is 1. The minimum absolute atomic E-state index is 0.222. The first-order valence-electron chi connectivity index (χ1n) is 10.2. The summed E-state index contributed by atoms with van der Waals surface area (Å²) in [6.45, 7) is 8.44. The Labute approximate surface area is 167 Å². The van der Waals surface area contributed by atoms with E-state index in [4.69, 9.17) is 9.47 Å². The smallest absolute Gasteiger partial charge is 0.223 e. The molecule has 3 rings (SSSR count). The summed E-state index contributed by atoms with van der Waals surface area (Å²) in [7, 11) is 0. The fourth-order valence-corrected chi connectivity index (χ4v) is 3.51. The average Bonchev–Trinajstić information content (AvgIpc) is 2.75. The van der Waals surface area contributed by atoms with Crippen molar-refractivity contribution in [2.75, 3.05) is 44.3 Å². The van der Waals surface area contributed by atoms with E-state index in [1.807, 2.05) is 43.0 Å². The van der Waals surface area contributed by atoms with Gasteiger partial charge in [0, 0.05) is 38.3 Å². The number of carbonyl (C=O) groups is 1. The van der Waals surface area contributed by atoms with Crippen LogP contribution in [0, 0.1) is 0 Å². The maximum atomic E-state index is 12.6. The molecule has 150 valence electrons. The number of aryl methyl sites for hydroxylation is 1. The van der Waals surface area contributed by atoms with Gasteiger partial charge in [-0.15, -0.1) is 0 Å². The van der Waals surface area contributed by atoms with Crippen LogP contribution in [0.5, 0.6) is 11.5 Å². The van der Waals surface area contributed by atoms with Gasteiger partial charge in [-0.3, -0.25) is 4.79 Å². The second kappa shape index (κ2) is 10.0. The van der Waals surface area contributed by atoms with E-state index in [0.717, 1.165) is 43.2 Å². The van der Waals surface area contributed by atoms with Crippen LogP contribution in [-0.4, -0.2) is 50.2 Å². The summed E-state index contributed by atoms with van der Waals surface area (Å²) in [5, 5.41) is 0. The van der Waals surface area contributed by atoms with Crippen LogP contribution < -0.4 is 14.4 Å². The van der Waals surface area contributed by atoms with E-state index in [2.05, 4.69) is 29.2 Å². The lowest BCUT2D eigenvalue weighted by Crippen LogP contribution is -2.48. The third-order valence-corrected chi connectivity index (χ3v) is 4.99. The van der Waals surface area contributed by atoms with E-state index < -0.39 is 0 Å². The molecule has 0 unspecified atom stereocenters. The minimum atomic E-state index is 0.222. The van der Waals surface area contributed by atoms with Crippen LogP contribution in [0.15, 0.2) is 48.5 Å². The number of nitrogens with zero attached hydrogens (tertiary/aromatic N) is 2. The molecule has 2 aromatic rings. The van der Waals surface area contributed by atoms with Gasteiger partial charge in [0.15, 0.2) is 11.5 Å². The molecule has 1 heterocycles. The fourth-order valence-electron chi connectivity index (χ4n) is 3.51. The Kier molecular flexibility index (Phi) is 7.18. The molecular formula is C23H30N2O3. The normalized spacial score (nSPS) is 14.1. The summed E-state index contributed by atoms with van der Waals surface area (Å²) in [6.07, 6.45) is 1.23. The quantitative estimate of drug-likeness (QED) is 0.697. The van der Waals surface area contributed by atoms with Crippen molar-refractivity contribution < 1.29 is 14.3 Å².